The van der Waals surface area contributed by atoms with Gasteiger partial charge in [0.1, 0.15) is 11.9 Å². The van der Waals surface area contributed by atoms with E-state index >= 15 is 0 Å². The SMILES string of the molecule is CCCCCCCCCCc1c[nH]c(C)[n+]1CCCCCCCCCC.[Br-]. The maximum absolute atomic E-state index is 3.45. The maximum Gasteiger partial charge on any atom is 0.251 e. The van der Waals surface area contributed by atoms with Gasteiger partial charge in [-0.1, -0.05) is 97.3 Å². The van der Waals surface area contributed by atoms with E-state index in [1.807, 2.05) is 0 Å². The number of hydrogen-bond acceptors (Lipinski definition) is 0. The Bertz CT molecular complexity index is 428. The summed E-state index contributed by atoms with van der Waals surface area (Å²) in [7, 11) is 0. The zero-order chi connectivity index (χ0) is 18.9. The topological polar surface area (TPSA) is 19.7 Å². The van der Waals surface area contributed by atoms with Gasteiger partial charge < -0.3 is 17.0 Å². The number of aromatic nitrogens is 2. The summed E-state index contributed by atoms with van der Waals surface area (Å²) >= 11 is 0. The van der Waals surface area contributed by atoms with Crippen molar-refractivity contribution >= 4 is 0 Å². The lowest BCUT2D eigenvalue weighted by molar-refractivity contribution is -0.708. The molecule has 1 heterocycles. The largest absolute Gasteiger partial charge is 1.00 e. The highest BCUT2D eigenvalue weighted by Gasteiger charge is 2.13. The van der Waals surface area contributed by atoms with E-state index in [2.05, 4.69) is 36.5 Å². The fourth-order valence-electron chi connectivity index (χ4n) is 3.92. The Labute approximate surface area is 180 Å². The molecule has 160 valence electrons. The summed E-state index contributed by atoms with van der Waals surface area (Å²) in [6.07, 6.45) is 26.0. The first-order valence-corrected chi connectivity index (χ1v) is 11.9. The van der Waals surface area contributed by atoms with Crippen molar-refractivity contribution in [2.24, 2.45) is 0 Å². The van der Waals surface area contributed by atoms with Gasteiger partial charge in [0.05, 0.1) is 6.54 Å². The van der Waals surface area contributed by atoms with Crippen LogP contribution in [0.4, 0.5) is 0 Å². The van der Waals surface area contributed by atoms with Crippen LogP contribution in [0.3, 0.4) is 0 Å². The third-order valence-corrected chi connectivity index (χ3v) is 5.72. The summed E-state index contributed by atoms with van der Waals surface area (Å²) in [6.45, 7) is 8.02. The molecule has 1 aromatic heterocycles. The molecule has 0 saturated heterocycles. The highest BCUT2D eigenvalue weighted by molar-refractivity contribution is 4.90. The van der Waals surface area contributed by atoms with Crippen molar-refractivity contribution in [3.8, 4) is 0 Å². The molecule has 0 bridgehead atoms. The molecule has 3 heteroatoms. The second-order valence-corrected chi connectivity index (χ2v) is 8.22. The Kier molecular flexibility index (Phi) is 18.8. The van der Waals surface area contributed by atoms with Crippen LogP contribution in [0.5, 0.6) is 0 Å². The van der Waals surface area contributed by atoms with Gasteiger partial charge in [-0.25, -0.2) is 9.55 Å². The van der Waals surface area contributed by atoms with Crippen LogP contribution in [-0.4, -0.2) is 4.98 Å². The van der Waals surface area contributed by atoms with Crippen molar-refractivity contribution in [1.82, 2.24) is 4.98 Å². The van der Waals surface area contributed by atoms with Crippen LogP contribution >= 0.6 is 0 Å². The summed E-state index contributed by atoms with van der Waals surface area (Å²) in [5.74, 6) is 1.34. The van der Waals surface area contributed by atoms with Crippen molar-refractivity contribution in [2.75, 3.05) is 0 Å². The first-order valence-electron chi connectivity index (χ1n) is 11.9. The van der Waals surface area contributed by atoms with Gasteiger partial charge in [0.2, 0.25) is 0 Å². The molecule has 0 aliphatic heterocycles. The second-order valence-electron chi connectivity index (χ2n) is 8.22. The summed E-state index contributed by atoms with van der Waals surface area (Å²) in [5.41, 5.74) is 1.52. The average molecular weight is 444 g/mol. The van der Waals surface area contributed by atoms with Crippen LogP contribution in [0.1, 0.15) is 128 Å². The van der Waals surface area contributed by atoms with Crippen molar-refractivity contribution in [3.05, 3.63) is 17.7 Å². The minimum absolute atomic E-state index is 0. The molecule has 0 aromatic carbocycles. The molecule has 0 spiro atoms. The lowest BCUT2D eigenvalue weighted by Gasteiger charge is -2.05. The normalized spacial score (nSPS) is 10.9. The van der Waals surface area contributed by atoms with Crippen molar-refractivity contribution in [3.63, 3.8) is 0 Å². The molecule has 2 nitrogen and oxygen atoms in total. The minimum atomic E-state index is 0. The van der Waals surface area contributed by atoms with E-state index in [4.69, 9.17) is 0 Å². The van der Waals surface area contributed by atoms with Crippen LogP contribution in [0, 0.1) is 6.92 Å². The van der Waals surface area contributed by atoms with Gasteiger partial charge in [-0.2, -0.15) is 0 Å². The molecule has 0 saturated carbocycles. The second kappa shape index (κ2) is 19.0. The number of halogens is 1. The monoisotopic (exact) mass is 442 g/mol. The number of aryl methyl sites for hydroxylation is 2. The Morgan fingerprint density at radius 3 is 1.63 bits per heavy atom. The third kappa shape index (κ3) is 13.5. The molecule has 0 aliphatic rings. The van der Waals surface area contributed by atoms with Crippen LogP contribution < -0.4 is 21.5 Å². The molecule has 0 radical (unpaired) electrons. The lowest BCUT2D eigenvalue weighted by atomic mass is 10.1. The third-order valence-electron chi connectivity index (χ3n) is 5.72. The van der Waals surface area contributed by atoms with E-state index < -0.39 is 0 Å². The first kappa shape index (κ1) is 26.7. The number of H-pyrrole nitrogens is 1. The number of imidazole rings is 1. The zero-order valence-corrected chi connectivity index (χ0v) is 20.2. The fraction of sp³-hybridized carbons (Fsp3) is 0.875. The fourth-order valence-corrected chi connectivity index (χ4v) is 3.92. The molecule has 27 heavy (non-hydrogen) atoms. The van der Waals surface area contributed by atoms with Gasteiger partial charge >= 0.3 is 0 Å². The quantitative estimate of drug-likeness (QED) is 0.256. The van der Waals surface area contributed by atoms with Gasteiger partial charge in [-0.05, 0) is 19.3 Å². The standard InChI is InChI=1S/C24H46N2.BrH/c1-4-6-8-10-12-14-16-18-20-24-22-25-23(3)26(24)21-19-17-15-13-11-9-7-5-2;/h22H,4-21H2,1-3H3;1H. The first-order chi connectivity index (χ1) is 12.8. The summed E-state index contributed by atoms with van der Waals surface area (Å²) in [5, 5.41) is 0. The van der Waals surface area contributed by atoms with Crippen molar-refractivity contribution in [1.29, 1.82) is 0 Å². The molecular weight excluding hydrogens is 396 g/mol. The lowest BCUT2D eigenvalue weighted by Crippen LogP contribution is -3.00. The number of unbranched alkanes of at least 4 members (excludes halogenated alkanes) is 14. The van der Waals surface area contributed by atoms with Gasteiger partial charge in [0.15, 0.2) is 0 Å². The van der Waals surface area contributed by atoms with E-state index in [0.29, 0.717) is 0 Å². The molecular formula is C24H47BrN2. The summed E-state index contributed by atoms with van der Waals surface area (Å²) in [4.78, 5) is 3.45. The Morgan fingerprint density at radius 2 is 1.11 bits per heavy atom. The van der Waals surface area contributed by atoms with E-state index in [1.54, 1.807) is 0 Å². The molecule has 0 atom stereocenters. The summed E-state index contributed by atoms with van der Waals surface area (Å²) < 4.78 is 2.54. The summed E-state index contributed by atoms with van der Waals surface area (Å²) in [6, 6.07) is 0. The van der Waals surface area contributed by atoms with E-state index in [-0.39, 0.29) is 17.0 Å². The van der Waals surface area contributed by atoms with Gasteiger partial charge in [0.25, 0.3) is 5.82 Å². The highest BCUT2D eigenvalue weighted by Crippen LogP contribution is 2.11. The number of hydrogen-bond donors (Lipinski definition) is 1. The van der Waals surface area contributed by atoms with Gasteiger partial charge in [0, 0.05) is 13.3 Å². The number of nitrogens with one attached hydrogen (secondary N) is 1. The smallest absolute Gasteiger partial charge is 0.251 e. The molecule has 0 amide bonds. The number of aromatic amines is 1. The molecule has 0 unspecified atom stereocenters. The Hall–Kier alpha value is -0.310. The predicted octanol–water partition coefficient (Wildman–Crippen LogP) is 4.44. The molecule has 1 aromatic rings. The van der Waals surface area contributed by atoms with Gasteiger partial charge in [-0.15, -0.1) is 0 Å². The molecule has 0 aliphatic carbocycles. The van der Waals surface area contributed by atoms with E-state index in [1.165, 1.54) is 127 Å². The number of nitrogens with zero attached hydrogens (tertiary/aromatic N) is 1. The van der Waals surface area contributed by atoms with Crippen LogP contribution in [0.25, 0.3) is 0 Å². The zero-order valence-electron chi connectivity index (χ0n) is 18.6. The molecule has 1 N–H and O–H groups in total. The van der Waals surface area contributed by atoms with Crippen LogP contribution in [0.2, 0.25) is 0 Å². The Morgan fingerprint density at radius 1 is 0.667 bits per heavy atom. The Balaban J connectivity index is 0.00000676. The number of rotatable bonds is 18. The highest BCUT2D eigenvalue weighted by atomic mass is 79.9. The van der Waals surface area contributed by atoms with Crippen LogP contribution in [0.15, 0.2) is 6.20 Å². The molecule has 1 rings (SSSR count). The average Bonchev–Trinajstić information content (AvgIpc) is 2.99. The van der Waals surface area contributed by atoms with Crippen molar-refractivity contribution < 1.29 is 21.5 Å². The predicted molar refractivity (Wildman–Crippen MR) is 115 cm³/mol. The van der Waals surface area contributed by atoms with E-state index in [9.17, 15) is 0 Å². The minimum Gasteiger partial charge on any atom is -1.00 e. The van der Waals surface area contributed by atoms with Gasteiger partial charge in [-0.3, -0.25) is 0 Å². The maximum atomic E-state index is 3.45. The van der Waals surface area contributed by atoms with Crippen molar-refractivity contribution in [2.45, 2.75) is 136 Å². The van der Waals surface area contributed by atoms with Crippen LogP contribution in [-0.2, 0) is 13.0 Å². The van der Waals surface area contributed by atoms with E-state index in [0.717, 1.165) is 0 Å². The molecule has 0 fully saturated rings.